The zero-order valence-corrected chi connectivity index (χ0v) is 8.16. The van der Waals surface area contributed by atoms with E-state index in [0.717, 1.165) is 5.69 Å². The summed E-state index contributed by atoms with van der Waals surface area (Å²) in [7, 11) is 0. The Labute approximate surface area is 83.5 Å². The van der Waals surface area contributed by atoms with Crippen molar-refractivity contribution < 1.29 is 4.74 Å². The van der Waals surface area contributed by atoms with E-state index in [-0.39, 0.29) is 0 Å². The molecule has 74 valence electrons. The minimum atomic E-state index is 0.608. The molecule has 0 spiro atoms. The van der Waals surface area contributed by atoms with Crippen LogP contribution in [-0.4, -0.2) is 24.7 Å². The number of rotatable bonds is 5. The van der Waals surface area contributed by atoms with E-state index in [1.54, 1.807) is 18.5 Å². The molecule has 0 aliphatic heterocycles. The zero-order valence-electron chi connectivity index (χ0n) is 8.16. The van der Waals surface area contributed by atoms with Crippen LogP contribution in [-0.2, 0) is 4.74 Å². The molecule has 0 saturated carbocycles. The van der Waals surface area contributed by atoms with Crippen LogP contribution in [0.2, 0.25) is 0 Å². The van der Waals surface area contributed by atoms with E-state index >= 15 is 0 Å². The van der Waals surface area contributed by atoms with Gasteiger partial charge in [-0.2, -0.15) is 5.26 Å². The number of pyridine rings is 1. The Hall–Kier alpha value is -1.60. The van der Waals surface area contributed by atoms with Crippen molar-refractivity contribution in [1.29, 1.82) is 5.26 Å². The van der Waals surface area contributed by atoms with E-state index in [1.807, 2.05) is 6.92 Å². The van der Waals surface area contributed by atoms with E-state index in [9.17, 15) is 0 Å². The van der Waals surface area contributed by atoms with E-state index in [0.29, 0.717) is 25.3 Å². The van der Waals surface area contributed by atoms with Crippen LogP contribution < -0.4 is 5.32 Å². The fourth-order valence-electron chi connectivity index (χ4n) is 1.04. The van der Waals surface area contributed by atoms with E-state index in [4.69, 9.17) is 10.00 Å². The molecule has 4 nitrogen and oxygen atoms in total. The largest absolute Gasteiger partial charge is 0.380 e. The van der Waals surface area contributed by atoms with Crippen molar-refractivity contribution in [3.63, 3.8) is 0 Å². The molecule has 0 aliphatic rings. The summed E-state index contributed by atoms with van der Waals surface area (Å²) in [5.41, 5.74) is 1.37. The van der Waals surface area contributed by atoms with Crippen molar-refractivity contribution in [3.8, 4) is 6.07 Å². The number of aromatic nitrogens is 1. The number of nitriles is 1. The summed E-state index contributed by atoms with van der Waals surface area (Å²) in [4.78, 5) is 3.94. The molecular formula is C10H13N3O. The maximum absolute atomic E-state index is 8.77. The highest BCUT2D eigenvalue weighted by atomic mass is 16.5. The minimum absolute atomic E-state index is 0.608. The molecule has 0 aliphatic carbocycles. The number of nitrogens with zero attached hydrogens (tertiary/aromatic N) is 2. The van der Waals surface area contributed by atoms with Gasteiger partial charge in [-0.25, -0.2) is 0 Å². The highest BCUT2D eigenvalue weighted by Gasteiger charge is 1.98. The molecule has 0 fully saturated rings. The monoisotopic (exact) mass is 191 g/mol. The summed E-state index contributed by atoms with van der Waals surface area (Å²) >= 11 is 0. The van der Waals surface area contributed by atoms with Gasteiger partial charge in [-0.1, -0.05) is 0 Å². The standard InChI is InChI=1S/C10H13N3O/c1-2-14-6-5-13-10-8-12-4-3-9(10)7-11/h3-4,8,13H,2,5-6H2,1H3. The lowest BCUT2D eigenvalue weighted by molar-refractivity contribution is 0.158. The van der Waals surface area contributed by atoms with Crippen molar-refractivity contribution >= 4 is 5.69 Å². The Morgan fingerprint density at radius 1 is 1.64 bits per heavy atom. The Bertz CT molecular complexity index is 319. The van der Waals surface area contributed by atoms with Gasteiger partial charge in [0.15, 0.2) is 0 Å². The van der Waals surface area contributed by atoms with E-state index in [2.05, 4.69) is 16.4 Å². The van der Waals surface area contributed by atoms with Crippen molar-refractivity contribution in [1.82, 2.24) is 4.98 Å². The first kappa shape index (κ1) is 10.5. The summed E-state index contributed by atoms with van der Waals surface area (Å²) in [5.74, 6) is 0. The van der Waals surface area contributed by atoms with Gasteiger partial charge in [0, 0.05) is 19.3 Å². The number of hydrogen-bond acceptors (Lipinski definition) is 4. The topological polar surface area (TPSA) is 57.9 Å². The molecule has 0 atom stereocenters. The van der Waals surface area contributed by atoms with Gasteiger partial charge in [-0.3, -0.25) is 4.98 Å². The Balaban J connectivity index is 2.46. The lowest BCUT2D eigenvalue weighted by Gasteiger charge is -2.06. The number of hydrogen-bond donors (Lipinski definition) is 1. The third kappa shape index (κ3) is 3.04. The molecular weight excluding hydrogens is 178 g/mol. The maximum Gasteiger partial charge on any atom is 0.101 e. The SMILES string of the molecule is CCOCCNc1cnccc1C#N. The van der Waals surface area contributed by atoms with Crippen LogP contribution in [0, 0.1) is 11.3 Å². The average Bonchev–Trinajstić information content (AvgIpc) is 2.25. The summed E-state index contributed by atoms with van der Waals surface area (Å²) in [6, 6.07) is 3.78. The van der Waals surface area contributed by atoms with Gasteiger partial charge in [0.25, 0.3) is 0 Å². The molecule has 0 aromatic carbocycles. The summed E-state index contributed by atoms with van der Waals surface area (Å²) < 4.78 is 5.16. The smallest absolute Gasteiger partial charge is 0.101 e. The van der Waals surface area contributed by atoms with Crippen molar-refractivity contribution in [2.75, 3.05) is 25.1 Å². The van der Waals surface area contributed by atoms with Gasteiger partial charge >= 0.3 is 0 Å². The second-order valence-electron chi connectivity index (χ2n) is 2.66. The van der Waals surface area contributed by atoms with Crippen LogP contribution in [0.25, 0.3) is 0 Å². The second-order valence-corrected chi connectivity index (χ2v) is 2.66. The third-order valence-corrected chi connectivity index (χ3v) is 1.71. The van der Waals surface area contributed by atoms with Crippen LogP contribution in [0.3, 0.4) is 0 Å². The lowest BCUT2D eigenvalue weighted by Crippen LogP contribution is -2.10. The molecule has 4 heteroatoms. The van der Waals surface area contributed by atoms with E-state index in [1.165, 1.54) is 0 Å². The molecule has 1 N–H and O–H groups in total. The van der Waals surface area contributed by atoms with Crippen LogP contribution >= 0.6 is 0 Å². The highest BCUT2D eigenvalue weighted by Crippen LogP contribution is 2.10. The number of nitrogens with one attached hydrogen (secondary N) is 1. The van der Waals surface area contributed by atoms with Crippen molar-refractivity contribution in [2.24, 2.45) is 0 Å². The fourth-order valence-corrected chi connectivity index (χ4v) is 1.04. The highest BCUT2D eigenvalue weighted by molar-refractivity contribution is 5.55. The van der Waals surface area contributed by atoms with E-state index < -0.39 is 0 Å². The fraction of sp³-hybridized carbons (Fsp3) is 0.400. The van der Waals surface area contributed by atoms with Crippen molar-refractivity contribution in [3.05, 3.63) is 24.0 Å². The van der Waals surface area contributed by atoms with Crippen LogP contribution in [0.5, 0.6) is 0 Å². The maximum atomic E-state index is 8.77. The molecule has 1 aromatic rings. The molecule has 0 bridgehead atoms. The molecule has 1 heterocycles. The summed E-state index contributed by atoms with van der Waals surface area (Å²) in [6.07, 6.45) is 3.25. The normalized spacial score (nSPS) is 9.43. The van der Waals surface area contributed by atoms with Crippen LogP contribution in [0.15, 0.2) is 18.5 Å². The lowest BCUT2D eigenvalue weighted by atomic mass is 10.2. The van der Waals surface area contributed by atoms with Crippen molar-refractivity contribution in [2.45, 2.75) is 6.92 Å². The van der Waals surface area contributed by atoms with Crippen LogP contribution in [0.1, 0.15) is 12.5 Å². The molecule has 1 aromatic heterocycles. The molecule has 1 rings (SSSR count). The summed E-state index contributed by atoms with van der Waals surface area (Å²) in [5, 5.41) is 11.9. The average molecular weight is 191 g/mol. The zero-order chi connectivity index (χ0) is 10.2. The summed E-state index contributed by atoms with van der Waals surface area (Å²) in [6.45, 7) is 3.98. The molecule has 0 amide bonds. The quantitative estimate of drug-likeness (QED) is 0.715. The van der Waals surface area contributed by atoms with Gasteiger partial charge in [0.05, 0.1) is 24.1 Å². The Morgan fingerprint density at radius 2 is 2.50 bits per heavy atom. The third-order valence-electron chi connectivity index (χ3n) is 1.71. The first-order valence-electron chi connectivity index (χ1n) is 4.54. The first-order valence-corrected chi connectivity index (χ1v) is 4.54. The van der Waals surface area contributed by atoms with Gasteiger partial charge in [-0.05, 0) is 13.0 Å². The number of anilines is 1. The molecule has 0 radical (unpaired) electrons. The molecule has 0 unspecified atom stereocenters. The Morgan fingerprint density at radius 3 is 3.21 bits per heavy atom. The first-order chi connectivity index (χ1) is 6.88. The van der Waals surface area contributed by atoms with Gasteiger partial charge in [-0.15, -0.1) is 0 Å². The van der Waals surface area contributed by atoms with Crippen LogP contribution in [0.4, 0.5) is 5.69 Å². The predicted molar refractivity (Wildman–Crippen MR) is 53.9 cm³/mol. The van der Waals surface area contributed by atoms with Gasteiger partial charge < -0.3 is 10.1 Å². The minimum Gasteiger partial charge on any atom is -0.380 e. The molecule has 14 heavy (non-hydrogen) atoms. The molecule has 0 saturated heterocycles. The van der Waals surface area contributed by atoms with Gasteiger partial charge in [0.2, 0.25) is 0 Å². The number of ether oxygens (including phenoxy) is 1. The second kappa shape index (κ2) is 5.95. The Kier molecular flexibility index (Phi) is 4.45. The van der Waals surface area contributed by atoms with Gasteiger partial charge in [0.1, 0.15) is 6.07 Å². The predicted octanol–water partition coefficient (Wildman–Crippen LogP) is 1.40.